The average Bonchev–Trinajstić information content (AvgIpc) is 3.57. The van der Waals surface area contributed by atoms with Crippen LogP contribution >= 0.6 is 0 Å². The number of nitrogens with zero attached hydrogens (tertiary/aromatic N) is 6. The Balaban J connectivity index is 1.07. The number of benzene rings is 2. The fourth-order valence-corrected chi connectivity index (χ4v) is 6.81. The summed E-state index contributed by atoms with van der Waals surface area (Å²) >= 11 is 0. The molecule has 3 saturated heterocycles. The molecule has 3 aliphatic heterocycles. The van der Waals surface area contributed by atoms with Gasteiger partial charge in [0, 0.05) is 62.0 Å². The molecule has 3 fully saturated rings. The van der Waals surface area contributed by atoms with Crippen LogP contribution in [0.4, 0.5) is 27.4 Å². The molecular formula is C33H39FN8O2. The molecule has 0 saturated carbocycles. The van der Waals surface area contributed by atoms with Crippen molar-refractivity contribution < 1.29 is 13.9 Å². The Kier molecular flexibility index (Phi) is 7.82. The van der Waals surface area contributed by atoms with Gasteiger partial charge in [-0.05, 0) is 76.1 Å². The topological polar surface area (TPSA) is 90.9 Å². The summed E-state index contributed by atoms with van der Waals surface area (Å²) in [5.41, 5.74) is 1.87. The van der Waals surface area contributed by atoms with Crippen LogP contribution in [0.1, 0.15) is 12.8 Å². The van der Waals surface area contributed by atoms with Crippen molar-refractivity contribution >= 4 is 33.9 Å². The minimum atomic E-state index is -0.446. The SMILES string of the molecule is COc1cc2ncnc(Nc3ccc(Oc4ccnc(N5CC6CN(C)CC6C5)c4)cc3F)c2cc1NC1CCN(C)CC1. The van der Waals surface area contributed by atoms with Crippen molar-refractivity contribution in [1.82, 2.24) is 24.8 Å². The average molecular weight is 599 g/mol. The Morgan fingerprint density at radius 1 is 0.841 bits per heavy atom. The van der Waals surface area contributed by atoms with E-state index in [4.69, 9.17) is 9.47 Å². The molecule has 7 rings (SSSR count). The number of ether oxygens (including phenoxy) is 2. The van der Waals surface area contributed by atoms with Crippen molar-refractivity contribution in [2.75, 3.05) is 76.0 Å². The van der Waals surface area contributed by atoms with E-state index in [1.807, 2.05) is 18.2 Å². The Morgan fingerprint density at radius 2 is 1.61 bits per heavy atom. The quantitative estimate of drug-likeness (QED) is 0.282. The van der Waals surface area contributed by atoms with Crippen LogP contribution < -0.4 is 25.0 Å². The summed E-state index contributed by atoms with van der Waals surface area (Å²) in [5, 5.41) is 7.59. The van der Waals surface area contributed by atoms with Crippen molar-refractivity contribution in [3.8, 4) is 17.2 Å². The van der Waals surface area contributed by atoms with Crippen molar-refractivity contribution in [2.24, 2.45) is 11.8 Å². The predicted molar refractivity (Wildman–Crippen MR) is 171 cm³/mol. The van der Waals surface area contributed by atoms with Crippen LogP contribution in [0.15, 0.2) is 55.0 Å². The second-order valence-corrected chi connectivity index (χ2v) is 12.4. The van der Waals surface area contributed by atoms with Crippen molar-refractivity contribution in [2.45, 2.75) is 18.9 Å². The number of methoxy groups -OCH3 is 1. The molecule has 0 radical (unpaired) electrons. The Bertz CT molecular complexity index is 1630. The third kappa shape index (κ3) is 5.94. The van der Waals surface area contributed by atoms with Gasteiger partial charge in [-0.1, -0.05) is 0 Å². The van der Waals surface area contributed by atoms with E-state index in [-0.39, 0.29) is 0 Å². The van der Waals surface area contributed by atoms with E-state index in [2.05, 4.69) is 54.4 Å². The molecule has 2 atom stereocenters. The minimum absolute atomic E-state index is 0.294. The van der Waals surface area contributed by atoms with Crippen molar-refractivity contribution in [3.05, 3.63) is 60.8 Å². The molecule has 2 N–H and O–H groups in total. The third-order valence-corrected chi connectivity index (χ3v) is 9.17. The van der Waals surface area contributed by atoms with Gasteiger partial charge in [-0.25, -0.2) is 19.3 Å². The third-order valence-electron chi connectivity index (χ3n) is 9.17. The smallest absolute Gasteiger partial charge is 0.150 e. The van der Waals surface area contributed by atoms with E-state index in [0.717, 1.165) is 69.0 Å². The molecule has 2 aromatic heterocycles. The maximum Gasteiger partial charge on any atom is 0.150 e. The van der Waals surface area contributed by atoms with Crippen molar-refractivity contribution in [3.63, 3.8) is 0 Å². The summed E-state index contributed by atoms with van der Waals surface area (Å²) in [6.07, 6.45) is 5.32. The van der Waals surface area contributed by atoms with Crippen LogP contribution in [-0.4, -0.2) is 91.3 Å². The molecule has 230 valence electrons. The van der Waals surface area contributed by atoms with E-state index in [0.29, 0.717) is 52.1 Å². The lowest BCUT2D eigenvalue weighted by atomic mass is 10.0. The van der Waals surface area contributed by atoms with Gasteiger partial charge in [0.05, 0.1) is 24.0 Å². The largest absolute Gasteiger partial charge is 0.495 e. The molecule has 5 heterocycles. The van der Waals surface area contributed by atoms with Gasteiger partial charge in [-0.2, -0.15) is 0 Å². The Morgan fingerprint density at radius 3 is 2.36 bits per heavy atom. The van der Waals surface area contributed by atoms with E-state index in [9.17, 15) is 0 Å². The van der Waals surface area contributed by atoms with Crippen LogP contribution in [-0.2, 0) is 0 Å². The van der Waals surface area contributed by atoms with Gasteiger partial charge >= 0.3 is 0 Å². The molecule has 10 nitrogen and oxygen atoms in total. The lowest BCUT2D eigenvalue weighted by Gasteiger charge is -2.30. The molecule has 44 heavy (non-hydrogen) atoms. The lowest BCUT2D eigenvalue weighted by Crippen LogP contribution is -2.36. The fourth-order valence-electron chi connectivity index (χ4n) is 6.81. The molecule has 3 aliphatic rings. The Hall–Kier alpha value is -4.22. The fraction of sp³-hybridized carbons (Fsp3) is 0.424. The van der Waals surface area contributed by atoms with Crippen molar-refractivity contribution in [1.29, 1.82) is 0 Å². The first kappa shape index (κ1) is 28.5. The summed E-state index contributed by atoms with van der Waals surface area (Å²) in [6.45, 7) is 6.35. The maximum atomic E-state index is 15.4. The number of hydrogen-bond acceptors (Lipinski definition) is 10. The molecular weight excluding hydrogens is 559 g/mol. The molecule has 0 aliphatic carbocycles. The summed E-state index contributed by atoms with van der Waals surface area (Å²) in [7, 11) is 5.99. The zero-order chi connectivity index (χ0) is 30.2. The first-order valence-electron chi connectivity index (χ1n) is 15.3. The summed E-state index contributed by atoms with van der Waals surface area (Å²) in [5.74, 6) is 4.07. The second kappa shape index (κ2) is 12.0. The first-order valence-corrected chi connectivity index (χ1v) is 15.3. The monoisotopic (exact) mass is 598 g/mol. The highest BCUT2D eigenvalue weighted by molar-refractivity contribution is 5.95. The maximum absolute atomic E-state index is 15.4. The lowest BCUT2D eigenvalue weighted by molar-refractivity contribution is 0.263. The number of halogens is 1. The minimum Gasteiger partial charge on any atom is -0.495 e. The standard InChI is InChI=1S/C33H39FN8O2/c1-40-10-7-23(8-11-40)38-30-14-26-29(15-31(30)43-3)36-20-37-33(26)39-28-5-4-24(12-27(28)34)44-25-6-9-35-32(13-25)42-18-21-16-41(2)17-22(21)19-42/h4-6,9,12-15,20-23,38H,7-8,10-11,16-19H2,1-3H3,(H,36,37,39). The van der Waals surface area contributed by atoms with Crippen LogP contribution in [0.3, 0.4) is 0 Å². The zero-order valence-corrected chi connectivity index (χ0v) is 25.5. The molecule has 0 spiro atoms. The van der Waals surface area contributed by atoms with E-state index in [1.54, 1.807) is 31.5 Å². The van der Waals surface area contributed by atoms with Gasteiger partial charge in [0.2, 0.25) is 0 Å². The van der Waals surface area contributed by atoms with Crippen LogP contribution in [0.5, 0.6) is 17.2 Å². The number of piperidine rings is 1. The molecule has 0 bridgehead atoms. The van der Waals surface area contributed by atoms with Gasteiger partial charge < -0.3 is 34.8 Å². The number of pyridine rings is 1. The highest BCUT2D eigenvalue weighted by Gasteiger charge is 2.39. The molecule has 2 unspecified atom stereocenters. The highest BCUT2D eigenvalue weighted by Crippen LogP contribution is 2.36. The molecule has 4 aromatic rings. The number of hydrogen-bond donors (Lipinski definition) is 2. The molecule has 2 aromatic carbocycles. The van der Waals surface area contributed by atoms with Gasteiger partial charge in [0.1, 0.15) is 41.0 Å². The zero-order valence-electron chi connectivity index (χ0n) is 25.5. The Labute approximate surface area is 257 Å². The number of likely N-dealkylation sites (tertiary alicyclic amines) is 2. The summed E-state index contributed by atoms with van der Waals surface area (Å²) in [4.78, 5) is 20.5. The van der Waals surface area contributed by atoms with E-state index in [1.165, 1.54) is 12.4 Å². The van der Waals surface area contributed by atoms with Gasteiger partial charge in [-0.15, -0.1) is 0 Å². The number of anilines is 4. The number of nitrogens with one attached hydrogen (secondary N) is 2. The van der Waals surface area contributed by atoms with E-state index < -0.39 is 5.82 Å². The van der Waals surface area contributed by atoms with Gasteiger partial charge in [0.25, 0.3) is 0 Å². The van der Waals surface area contributed by atoms with Crippen LogP contribution in [0.2, 0.25) is 0 Å². The summed E-state index contributed by atoms with van der Waals surface area (Å²) < 4.78 is 27.2. The molecule has 0 amide bonds. The van der Waals surface area contributed by atoms with Crippen LogP contribution in [0, 0.1) is 17.7 Å². The highest BCUT2D eigenvalue weighted by atomic mass is 19.1. The predicted octanol–water partition coefficient (Wildman–Crippen LogP) is 5.21. The number of aromatic nitrogens is 3. The van der Waals surface area contributed by atoms with Crippen LogP contribution in [0.25, 0.3) is 10.9 Å². The second-order valence-electron chi connectivity index (χ2n) is 12.4. The molecule has 11 heteroatoms. The summed E-state index contributed by atoms with van der Waals surface area (Å²) in [6, 6.07) is 12.8. The normalized spacial score (nSPS) is 21.0. The van der Waals surface area contributed by atoms with Gasteiger partial charge in [-0.3, -0.25) is 0 Å². The first-order chi connectivity index (χ1) is 21.4. The van der Waals surface area contributed by atoms with E-state index >= 15 is 4.39 Å². The number of fused-ring (bicyclic) bond motifs is 2. The van der Waals surface area contributed by atoms with Gasteiger partial charge in [0.15, 0.2) is 0 Å². The number of rotatable bonds is 8.